The molecule has 0 radical (unpaired) electrons. The largest absolute Gasteiger partial charge is 0.493 e. The molecule has 1 N–H and O–H groups in total. The Hall–Kier alpha value is -3.65. The average molecular weight is 435 g/mol. The van der Waals surface area contributed by atoms with Crippen molar-refractivity contribution in [1.29, 1.82) is 0 Å². The van der Waals surface area contributed by atoms with Gasteiger partial charge in [-0.15, -0.1) is 11.3 Å². The quantitative estimate of drug-likeness (QED) is 0.468. The van der Waals surface area contributed by atoms with Crippen molar-refractivity contribution in [2.24, 2.45) is 0 Å². The van der Waals surface area contributed by atoms with Crippen molar-refractivity contribution in [3.8, 4) is 27.8 Å². The number of carbonyl (C=O) groups excluding carboxylic acids is 1. The molecule has 0 fully saturated rings. The first-order valence-corrected chi connectivity index (χ1v) is 10.5. The second kappa shape index (κ2) is 8.61. The number of hydrogen-bond donors (Lipinski definition) is 1. The summed E-state index contributed by atoms with van der Waals surface area (Å²) < 4.78 is 12.5. The first-order chi connectivity index (χ1) is 15.0. The molecule has 0 unspecified atom stereocenters. The molecule has 0 spiro atoms. The number of hydrogen-bond acceptors (Lipinski definition) is 6. The Kier molecular flexibility index (Phi) is 5.73. The Balaban J connectivity index is 1.57. The lowest BCUT2D eigenvalue weighted by Gasteiger charge is -2.08. The molecule has 158 valence electrons. The molecule has 31 heavy (non-hydrogen) atoms. The van der Waals surface area contributed by atoms with Crippen molar-refractivity contribution in [3.05, 3.63) is 71.0 Å². The molecule has 0 saturated heterocycles. The summed E-state index contributed by atoms with van der Waals surface area (Å²) in [5.74, 6) is 0.977. The van der Waals surface area contributed by atoms with Crippen molar-refractivity contribution in [3.63, 3.8) is 0 Å². The number of rotatable bonds is 6. The third kappa shape index (κ3) is 4.02. The van der Waals surface area contributed by atoms with Gasteiger partial charge in [-0.05, 0) is 44.2 Å². The molecule has 0 saturated carbocycles. The van der Waals surface area contributed by atoms with Gasteiger partial charge in [0.2, 0.25) is 0 Å². The van der Waals surface area contributed by atoms with Crippen molar-refractivity contribution in [2.75, 3.05) is 19.5 Å². The third-order valence-corrected chi connectivity index (χ3v) is 5.79. The van der Waals surface area contributed by atoms with E-state index >= 15 is 0 Å². The monoisotopic (exact) mass is 434 g/mol. The fourth-order valence-electron chi connectivity index (χ4n) is 3.30. The number of anilines is 1. The summed E-state index contributed by atoms with van der Waals surface area (Å²) in [4.78, 5) is 17.4. The number of aryl methyl sites for hydroxylation is 1. The summed E-state index contributed by atoms with van der Waals surface area (Å²) in [6.07, 6.45) is 0. The van der Waals surface area contributed by atoms with E-state index in [1.807, 2.05) is 67.1 Å². The van der Waals surface area contributed by atoms with Gasteiger partial charge in [-0.25, -0.2) is 9.67 Å². The van der Waals surface area contributed by atoms with Crippen LogP contribution in [0, 0.1) is 13.8 Å². The van der Waals surface area contributed by atoms with Crippen molar-refractivity contribution >= 4 is 22.9 Å². The summed E-state index contributed by atoms with van der Waals surface area (Å²) in [5, 5.41) is 10.0. The van der Waals surface area contributed by atoms with E-state index in [1.165, 1.54) is 11.3 Å². The topological polar surface area (TPSA) is 78.3 Å². The molecule has 4 aromatic rings. The van der Waals surface area contributed by atoms with E-state index < -0.39 is 0 Å². The van der Waals surface area contributed by atoms with E-state index in [0.29, 0.717) is 22.9 Å². The second-order valence-electron chi connectivity index (χ2n) is 6.85. The number of aromatic nitrogens is 3. The molecule has 0 atom stereocenters. The van der Waals surface area contributed by atoms with Crippen LogP contribution in [0.5, 0.6) is 11.5 Å². The predicted molar refractivity (Wildman–Crippen MR) is 122 cm³/mol. The van der Waals surface area contributed by atoms with Crippen LogP contribution >= 0.6 is 11.3 Å². The van der Waals surface area contributed by atoms with Gasteiger partial charge in [0.05, 0.1) is 37.0 Å². The summed E-state index contributed by atoms with van der Waals surface area (Å²) >= 11 is 1.40. The van der Waals surface area contributed by atoms with Gasteiger partial charge in [0.15, 0.2) is 11.5 Å². The fraction of sp³-hybridized carbons (Fsp3) is 0.174. The van der Waals surface area contributed by atoms with E-state index in [4.69, 9.17) is 9.47 Å². The molecule has 4 rings (SSSR count). The van der Waals surface area contributed by atoms with Gasteiger partial charge in [0.25, 0.3) is 5.91 Å². The van der Waals surface area contributed by atoms with Crippen LogP contribution in [0.15, 0.2) is 53.9 Å². The Bertz CT molecular complexity index is 1230. The Morgan fingerprint density at radius 1 is 1.03 bits per heavy atom. The van der Waals surface area contributed by atoms with Gasteiger partial charge >= 0.3 is 0 Å². The van der Waals surface area contributed by atoms with E-state index in [-0.39, 0.29) is 5.91 Å². The summed E-state index contributed by atoms with van der Waals surface area (Å²) in [5.41, 5.74) is 4.42. The molecule has 7 nitrogen and oxygen atoms in total. The number of ether oxygens (including phenoxy) is 2. The van der Waals surface area contributed by atoms with Crippen LogP contribution in [-0.2, 0) is 0 Å². The Labute approximate surface area is 184 Å². The minimum Gasteiger partial charge on any atom is -0.493 e. The minimum absolute atomic E-state index is 0.276. The van der Waals surface area contributed by atoms with Gasteiger partial charge in [0.1, 0.15) is 10.7 Å². The standard InChI is InChI=1S/C23H22N4O3S/c1-14-21(15(2)27(26-14)17-8-6-5-7-9-17)25-22(28)18-13-31-23(24-18)16-10-11-19(29-3)20(12-16)30-4/h5-13H,1-4H3,(H,25,28). The molecule has 0 aliphatic carbocycles. The van der Waals surface area contributed by atoms with Crippen molar-refractivity contribution in [1.82, 2.24) is 14.8 Å². The highest BCUT2D eigenvalue weighted by Crippen LogP contribution is 2.33. The normalized spacial score (nSPS) is 10.7. The molecular weight excluding hydrogens is 412 g/mol. The number of carbonyl (C=O) groups is 1. The van der Waals surface area contributed by atoms with Crippen LogP contribution < -0.4 is 14.8 Å². The number of nitrogens with one attached hydrogen (secondary N) is 1. The predicted octanol–water partition coefficient (Wildman–Crippen LogP) is 4.88. The highest BCUT2D eigenvalue weighted by Gasteiger charge is 2.18. The molecule has 0 bridgehead atoms. The van der Waals surface area contributed by atoms with Gasteiger partial charge in [0, 0.05) is 10.9 Å². The summed E-state index contributed by atoms with van der Waals surface area (Å²) in [6.45, 7) is 3.80. The number of methoxy groups -OCH3 is 2. The van der Waals surface area contributed by atoms with Crippen LogP contribution in [0.25, 0.3) is 16.3 Å². The van der Waals surface area contributed by atoms with Gasteiger partial charge in [-0.2, -0.15) is 5.10 Å². The van der Waals surface area contributed by atoms with E-state index in [9.17, 15) is 4.79 Å². The number of thiazole rings is 1. The van der Waals surface area contributed by atoms with Crippen LogP contribution in [0.3, 0.4) is 0 Å². The van der Waals surface area contributed by atoms with Crippen LogP contribution in [0.4, 0.5) is 5.69 Å². The zero-order valence-corrected chi connectivity index (χ0v) is 18.5. The van der Waals surface area contributed by atoms with Crippen LogP contribution in [-0.4, -0.2) is 34.9 Å². The maximum absolute atomic E-state index is 12.9. The molecule has 0 aliphatic rings. The maximum Gasteiger partial charge on any atom is 0.275 e. The number of nitrogens with zero attached hydrogens (tertiary/aromatic N) is 3. The Morgan fingerprint density at radius 2 is 1.77 bits per heavy atom. The molecule has 8 heteroatoms. The first-order valence-electron chi connectivity index (χ1n) is 9.62. The maximum atomic E-state index is 12.9. The number of benzene rings is 2. The highest BCUT2D eigenvalue weighted by atomic mass is 32.1. The molecule has 0 aliphatic heterocycles. The zero-order valence-electron chi connectivity index (χ0n) is 17.7. The molecule has 2 aromatic heterocycles. The third-order valence-electron chi connectivity index (χ3n) is 4.90. The summed E-state index contributed by atoms with van der Waals surface area (Å²) in [6, 6.07) is 15.4. The zero-order chi connectivity index (χ0) is 22.0. The van der Waals surface area contributed by atoms with E-state index in [0.717, 1.165) is 27.6 Å². The van der Waals surface area contributed by atoms with Gasteiger partial charge < -0.3 is 14.8 Å². The highest BCUT2D eigenvalue weighted by molar-refractivity contribution is 7.13. The Morgan fingerprint density at radius 3 is 2.48 bits per heavy atom. The fourth-order valence-corrected chi connectivity index (χ4v) is 4.10. The lowest BCUT2D eigenvalue weighted by atomic mass is 10.2. The van der Waals surface area contributed by atoms with Gasteiger partial charge in [-0.1, -0.05) is 18.2 Å². The van der Waals surface area contributed by atoms with Gasteiger partial charge in [-0.3, -0.25) is 4.79 Å². The van der Waals surface area contributed by atoms with Crippen molar-refractivity contribution < 1.29 is 14.3 Å². The first kappa shape index (κ1) is 20.6. The molecular formula is C23H22N4O3S. The average Bonchev–Trinajstić information content (AvgIpc) is 3.40. The lowest BCUT2D eigenvalue weighted by molar-refractivity contribution is 0.102. The molecule has 2 heterocycles. The van der Waals surface area contributed by atoms with E-state index in [1.54, 1.807) is 19.6 Å². The number of amides is 1. The van der Waals surface area contributed by atoms with Crippen LogP contribution in [0.2, 0.25) is 0 Å². The smallest absolute Gasteiger partial charge is 0.275 e. The lowest BCUT2D eigenvalue weighted by Crippen LogP contribution is -2.13. The number of para-hydroxylation sites is 1. The van der Waals surface area contributed by atoms with Crippen molar-refractivity contribution in [2.45, 2.75) is 13.8 Å². The second-order valence-corrected chi connectivity index (χ2v) is 7.71. The van der Waals surface area contributed by atoms with E-state index in [2.05, 4.69) is 15.4 Å². The molecule has 2 aromatic carbocycles. The minimum atomic E-state index is -0.276. The SMILES string of the molecule is COc1ccc(-c2nc(C(=O)Nc3c(C)nn(-c4ccccc4)c3C)cs2)cc1OC. The van der Waals surface area contributed by atoms with Crippen LogP contribution in [0.1, 0.15) is 21.9 Å². The summed E-state index contributed by atoms with van der Waals surface area (Å²) in [7, 11) is 3.18. The molecule has 1 amide bonds.